The molecule has 138 valence electrons. The summed E-state index contributed by atoms with van der Waals surface area (Å²) < 4.78 is 12.5. The van der Waals surface area contributed by atoms with Gasteiger partial charge in [-0.25, -0.2) is 9.67 Å². The monoisotopic (exact) mass is 374 g/mol. The quantitative estimate of drug-likeness (QED) is 0.688. The van der Waals surface area contributed by atoms with E-state index >= 15 is 0 Å². The molecule has 0 unspecified atom stereocenters. The number of nitrogens with zero attached hydrogens (tertiary/aromatic N) is 3. The molecule has 2 aromatic carbocycles. The van der Waals surface area contributed by atoms with Crippen LogP contribution in [0.15, 0.2) is 48.5 Å². The number of benzene rings is 2. The lowest BCUT2D eigenvalue weighted by Gasteiger charge is -2.06. The van der Waals surface area contributed by atoms with Gasteiger partial charge in [-0.05, 0) is 37.4 Å². The summed E-state index contributed by atoms with van der Waals surface area (Å²) in [6, 6.07) is 15.7. The molecule has 1 N–H and O–H groups in total. The predicted molar refractivity (Wildman–Crippen MR) is 104 cm³/mol. The molecule has 3 rings (SSSR count). The van der Waals surface area contributed by atoms with Crippen molar-refractivity contribution in [3.8, 4) is 17.2 Å². The molecular formula is C19H23ClN4O2. The fraction of sp³-hybridized carbons (Fsp3) is 0.263. The van der Waals surface area contributed by atoms with E-state index in [0.717, 1.165) is 34.4 Å². The van der Waals surface area contributed by atoms with Crippen molar-refractivity contribution in [2.75, 3.05) is 21.3 Å². The van der Waals surface area contributed by atoms with Gasteiger partial charge in [-0.1, -0.05) is 18.2 Å². The summed E-state index contributed by atoms with van der Waals surface area (Å²) in [5, 5.41) is 7.84. The van der Waals surface area contributed by atoms with E-state index in [1.165, 1.54) is 0 Å². The summed E-state index contributed by atoms with van der Waals surface area (Å²) >= 11 is 0. The predicted octanol–water partition coefficient (Wildman–Crippen LogP) is 3.02. The molecule has 26 heavy (non-hydrogen) atoms. The van der Waals surface area contributed by atoms with Gasteiger partial charge in [0.2, 0.25) is 0 Å². The SMILES string of the molecule is CNCc1nc(Cc2ccccc2OC)nn1-c1ccc(OC)cc1.Cl. The lowest BCUT2D eigenvalue weighted by atomic mass is 10.1. The third kappa shape index (κ3) is 4.33. The number of aromatic nitrogens is 3. The molecule has 0 atom stereocenters. The van der Waals surface area contributed by atoms with Gasteiger partial charge in [-0.3, -0.25) is 0 Å². The van der Waals surface area contributed by atoms with E-state index < -0.39 is 0 Å². The maximum Gasteiger partial charge on any atom is 0.155 e. The van der Waals surface area contributed by atoms with Crippen LogP contribution in [0.5, 0.6) is 11.5 Å². The van der Waals surface area contributed by atoms with Gasteiger partial charge in [0.05, 0.1) is 26.5 Å². The summed E-state index contributed by atoms with van der Waals surface area (Å²) in [6.07, 6.45) is 0.615. The molecule has 0 saturated heterocycles. The number of para-hydroxylation sites is 1. The number of halogens is 1. The van der Waals surface area contributed by atoms with E-state index in [1.807, 2.05) is 60.3 Å². The number of rotatable bonds is 7. The lowest BCUT2D eigenvalue weighted by Crippen LogP contribution is -2.12. The average molecular weight is 375 g/mol. The third-order valence-corrected chi connectivity index (χ3v) is 3.91. The summed E-state index contributed by atoms with van der Waals surface area (Å²) in [6.45, 7) is 0.630. The number of methoxy groups -OCH3 is 2. The van der Waals surface area contributed by atoms with Crippen LogP contribution in [0.25, 0.3) is 5.69 Å². The van der Waals surface area contributed by atoms with Crippen LogP contribution in [-0.4, -0.2) is 36.0 Å². The zero-order valence-electron chi connectivity index (χ0n) is 15.1. The molecule has 7 heteroatoms. The van der Waals surface area contributed by atoms with Crippen molar-refractivity contribution in [2.45, 2.75) is 13.0 Å². The zero-order valence-corrected chi connectivity index (χ0v) is 15.9. The van der Waals surface area contributed by atoms with Crippen molar-refractivity contribution in [3.63, 3.8) is 0 Å². The van der Waals surface area contributed by atoms with Crippen LogP contribution < -0.4 is 14.8 Å². The second kappa shape index (κ2) is 9.22. The van der Waals surface area contributed by atoms with Crippen LogP contribution in [0, 0.1) is 0 Å². The largest absolute Gasteiger partial charge is 0.497 e. The third-order valence-electron chi connectivity index (χ3n) is 3.91. The summed E-state index contributed by atoms with van der Waals surface area (Å²) in [4.78, 5) is 4.69. The van der Waals surface area contributed by atoms with E-state index in [4.69, 9.17) is 19.6 Å². The van der Waals surface area contributed by atoms with Crippen LogP contribution in [0.2, 0.25) is 0 Å². The number of hydrogen-bond acceptors (Lipinski definition) is 5. The van der Waals surface area contributed by atoms with Crippen LogP contribution in [0.3, 0.4) is 0 Å². The smallest absolute Gasteiger partial charge is 0.155 e. The Morgan fingerprint density at radius 2 is 1.73 bits per heavy atom. The van der Waals surface area contributed by atoms with Gasteiger partial charge in [-0.15, -0.1) is 12.4 Å². The number of nitrogens with one attached hydrogen (secondary N) is 1. The Balaban J connectivity index is 0.00000243. The van der Waals surface area contributed by atoms with Gasteiger partial charge in [-0.2, -0.15) is 5.10 Å². The van der Waals surface area contributed by atoms with E-state index in [-0.39, 0.29) is 12.4 Å². The second-order valence-electron chi connectivity index (χ2n) is 5.57. The van der Waals surface area contributed by atoms with Crippen LogP contribution in [-0.2, 0) is 13.0 Å². The molecule has 0 aliphatic heterocycles. The second-order valence-corrected chi connectivity index (χ2v) is 5.57. The van der Waals surface area contributed by atoms with Gasteiger partial charge in [0.25, 0.3) is 0 Å². The fourth-order valence-electron chi connectivity index (χ4n) is 2.69. The van der Waals surface area contributed by atoms with Crippen molar-refractivity contribution in [3.05, 3.63) is 65.7 Å². The minimum absolute atomic E-state index is 0. The highest BCUT2D eigenvalue weighted by Crippen LogP contribution is 2.21. The van der Waals surface area contributed by atoms with E-state index in [2.05, 4.69) is 5.32 Å². The lowest BCUT2D eigenvalue weighted by molar-refractivity contribution is 0.410. The molecule has 0 aliphatic carbocycles. The van der Waals surface area contributed by atoms with Gasteiger partial charge >= 0.3 is 0 Å². The van der Waals surface area contributed by atoms with Crippen molar-refractivity contribution >= 4 is 12.4 Å². The Bertz CT molecular complexity index is 834. The first-order chi connectivity index (χ1) is 12.2. The standard InChI is InChI=1S/C19H22N4O2.ClH/c1-20-13-19-21-18(12-14-6-4-5-7-17(14)25-3)22-23(19)15-8-10-16(24-2)11-9-15;/h4-11,20H,12-13H2,1-3H3;1H. The number of hydrogen-bond donors (Lipinski definition) is 1. The van der Waals surface area contributed by atoms with Gasteiger partial charge in [0, 0.05) is 12.0 Å². The maximum absolute atomic E-state index is 5.42. The first-order valence-electron chi connectivity index (χ1n) is 8.11. The van der Waals surface area contributed by atoms with E-state index in [1.54, 1.807) is 14.2 Å². The Morgan fingerprint density at radius 3 is 2.38 bits per heavy atom. The molecule has 0 bridgehead atoms. The Morgan fingerprint density at radius 1 is 1.00 bits per heavy atom. The summed E-state index contributed by atoms with van der Waals surface area (Å²) in [5.41, 5.74) is 2.01. The molecule has 0 spiro atoms. The van der Waals surface area contributed by atoms with Crippen LogP contribution in [0.4, 0.5) is 0 Å². The van der Waals surface area contributed by atoms with Crippen LogP contribution >= 0.6 is 12.4 Å². The molecule has 0 saturated carbocycles. The van der Waals surface area contributed by atoms with Gasteiger partial charge in [0.1, 0.15) is 17.3 Å². The topological polar surface area (TPSA) is 61.2 Å². The fourth-order valence-corrected chi connectivity index (χ4v) is 2.69. The van der Waals surface area contributed by atoms with Crippen LogP contribution in [0.1, 0.15) is 17.2 Å². The molecule has 0 fully saturated rings. The molecule has 0 aliphatic rings. The first-order valence-corrected chi connectivity index (χ1v) is 8.11. The summed E-state index contributed by atoms with van der Waals surface area (Å²) in [7, 11) is 5.23. The summed E-state index contributed by atoms with van der Waals surface area (Å²) in [5.74, 6) is 3.27. The molecule has 1 aromatic heterocycles. The molecule has 1 heterocycles. The van der Waals surface area contributed by atoms with E-state index in [0.29, 0.717) is 13.0 Å². The molecule has 0 radical (unpaired) electrons. The molecule has 0 amide bonds. The van der Waals surface area contributed by atoms with Gasteiger partial charge in [0.15, 0.2) is 5.82 Å². The van der Waals surface area contributed by atoms with Crippen molar-refractivity contribution in [1.29, 1.82) is 0 Å². The minimum Gasteiger partial charge on any atom is -0.497 e. The highest BCUT2D eigenvalue weighted by molar-refractivity contribution is 5.85. The minimum atomic E-state index is 0. The Labute approximate surface area is 159 Å². The van der Waals surface area contributed by atoms with E-state index in [9.17, 15) is 0 Å². The highest BCUT2D eigenvalue weighted by atomic mass is 35.5. The van der Waals surface area contributed by atoms with Gasteiger partial charge < -0.3 is 14.8 Å². The van der Waals surface area contributed by atoms with Crippen molar-refractivity contribution in [2.24, 2.45) is 0 Å². The molecular weight excluding hydrogens is 352 g/mol. The molecule has 3 aromatic rings. The maximum atomic E-state index is 5.42. The normalized spacial score (nSPS) is 10.3. The highest BCUT2D eigenvalue weighted by Gasteiger charge is 2.13. The van der Waals surface area contributed by atoms with Crippen molar-refractivity contribution < 1.29 is 9.47 Å². The zero-order chi connectivity index (χ0) is 17.6. The Kier molecular flexibility index (Phi) is 7.00. The molecule has 6 nitrogen and oxygen atoms in total. The van der Waals surface area contributed by atoms with Crippen molar-refractivity contribution in [1.82, 2.24) is 20.1 Å². The Hall–Kier alpha value is -2.57. The first kappa shape index (κ1) is 19.8. The average Bonchev–Trinajstić information content (AvgIpc) is 3.05. The number of ether oxygens (including phenoxy) is 2.